The predicted octanol–water partition coefficient (Wildman–Crippen LogP) is 2.37. The van der Waals surface area contributed by atoms with Gasteiger partial charge in [-0.2, -0.15) is 5.10 Å². The summed E-state index contributed by atoms with van der Waals surface area (Å²) >= 11 is 0. The molecule has 1 atom stereocenters. The van der Waals surface area contributed by atoms with E-state index in [1.165, 1.54) is 6.20 Å². The van der Waals surface area contributed by atoms with E-state index in [0.717, 1.165) is 25.7 Å². The summed E-state index contributed by atoms with van der Waals surface area (Å²) in [4.78, 5) is 0.0756. The smallest absolute Gasteiger partial charge is 0.246 e. The number of nitrogen functional groups attached to an aromatic ring is 1. The SMILES string of the molecule is CCCn1cc(S(=O)(=O)NC(C)CCCC(C)C)c(N)n1. The molecule has 1 rings (SSSR count). The predicted molar refractivity (Wildman–Crippen MR) is 85.4 cm³/mol. The molecular formula is C14H28N4O2S. The minimum absolute atomic E-state index is 0.0605. The van der Waals surface area contributed by atoms with Crippen molar-refractivity contribution in [1.82, 2.24) is 14.5 Å². The maximum Gasteiger partial charge on any atom is 0.246 e. The highest BCUT2D eigenvalue weighted by atomic mass is 32.2. The van der Waals surface area contributed by atoms with Crippen molar-refractivity contribution in [3.05, 3.63) is 6.20 Å². The third kappa shape index (κ3) is 5.67. The van der Waals surface area contributed by atoms with Gasteiger partial charge in [0.2, 0.25) is 10.0 Å². The molecule has 6 nitrogen and oxygen atoms in total. The molecule has 0 aliphatic rings. The third-order valence-corrected chi connectivity index (χ3v) is 4.88. The van der Waals surface area contributed by atoms with Gasteiger partial charge in [0.15, 0.2) is 5.82 Å². The molecule has 7 heteroatoms. The topological polar surface area (TPSA) is 90.0 Å². The van der Waals surface area contributed by atoms with Crippen molar-refractivity contribution in [3.8, 4) is 0 Å². The molecule has 0 radical (unpaired) electrons. The van der Waals surface area contributed by atoms with Gasteiger partial charge in [0.1, 0.15) is 4.90 Å². The molecule has 0 aromatic carbocycles. The summed E-state index contributed by atoms with van der Waals surface area (Å²) < 4.78 is 28.9. The molecule has 1 unspecified atom stereocenters. The van der Waals surface area contributed by atoms with Crippen molar-refractivity contribution in [3.63, 3.8) is 0 Å². The zero-order valence-electron chi connectivity index (χ0n) is 13.5. The molecule has 122 valence electrons. The molecular weight excluding hydrogens is 288 g/mol. The van der Waals surface area contributed by atoms with Crippen LogP contribution in [0.15, 0.2) is 11.1 Å². The number of nitrogens with zero attached hydrogens (tertiary/aromatic N) is 2. The average Bonchev–Trinajstić information content (AvgIpc) is 2.70. The monoisotopic (exact) mass is 316 g/mol. The fourth-order valence-electron chi connectivity index (χ4n) is 2.19. The molecule has 0 saturated heterocycles. The highest BCUT2D eigenvalue weighted by Crippen LogP contribution is 2.18. The van der Waals surface area contributed by atoms with E-state index in [-0.39, 0.29) is 16.8 Å². The van der Waals surface area contributed by atoms with E-state index in [1.807, 2.05) is 13.8 Å². The number of hydrogen-bond acceptors (Lipinski definition) is 4. The number of hydrogen-bond donors (Lipinski definition) is 2. The van der Waals surface area contributed by atoms with Gasteiger partial charge in [-0.15, -0.1) is 0 Å². The van der Waals surface area contributed by atoms with Gasteiger partial charge in [0.25, 0.3) is 0 Å². The molecule has 1 heterocycles. The van der Waals surface area contributed by atoms with E-state index in [9.17, 15) is 8.42 Å². The van der Waals surface area contributed by atoms with Crippen molar-refractivity contribution in [2.45, 2.75) is 70.9 Å². The summed E-state index contributed by atoms with van der Waals surface area (Å²) in [6.07, 6.45) is 5.30. The Morgan fingerprint density at radius 2 is 2.00 bits per heavy atom. The fraction of sp³-hybridized carbons (Fsp3) is 0.786. The van der Waals surface area contributed by atoms with Crippen molar-refractivity contribution in [2.24, 2.45) is 5.92 Å². The number of anilines is 1. The van der Waals surface area contributed by atoms with E-state index < -0.39 is 10.0 Å². The summed E-state index contributed by atoms with van der Waals surface area (Å²) in [5.41, 5.74) is 5.72. The fourth-order valence-corrected chi connectivity index (χ4v) is 3.54. The van der Waals surface area contributed by atoms with Crippen LogP contribution >= 0.6 is 0 Å². The molecule has 0 aliphatic carbocycles. The van der Waals surface area contributed by atoms with Crippen LogP contribution in [0.2, 0.25) is 0 Å². The lowest BCUT2D eigenvalue weighted by molar-refractivity contribution is 0.488. The minimum Gasteiger partial charge on any atom is -0.381 e. The van der Waals surface area contributed by atoms with Crippen LogP contribution in [0, 0.1) is 5.92 Å². The van der Waals surface area contributed by atoms with Gasteiger partial charge in [0.05, 0.1) is 0 Å². The molecule has 0 saturated carbocycles. The Hall–Kier alpha value is -1.08. The van der Waals surface area contributed by atoms with Crippen LogP contribution in [0.5, 0.6) is 0 Å². The summed E-state index contributed by atoms with van der Waals surface area (Å²) in [7, 11) is -3.60. The van der Waals surface area contributed by atoms with Crippen molar-refractivity contribution in [2.75, 3.05) is 5.73 Å². The Morgan fingerprint density at radius 3 is 2.57 bits per heavy atom. The van der Waals surface area contributed by atoms with Gasteiger partial charge in [-0.1, -0.05) is 33.6 Å². The maximum atomic E-state index is 12.3. The molecule has 0 aliphatic heterocycles. The lowest BCUT2D eigenvalue weighted by atomic mass is 10.0. The van der Waals surface area contributed by atoms with Gasteiger partial charge >= 0.3 is 0 Å². The Morgan fingerprint density at radius 1 is 1.33 bits per heavy atom. The van der Waals surface area contributed by atoms with Crippen molar-refractivity contribution >= 4 is 15.8 Å². The number of aryl methyl sites for hydroxylation is 1. The Balaban J connectivity index is 2.68. The first-order valence-electron chi connectivity index (χ1n) is 7.61. The molecule has 1 aromatic heterocycles. The molecule has 0 spiro atoms. The van der Waals surface area contributed by atoms with E-state index in [4.69, 9.17) is 5.73 Å². The second kappa shape index (κ2) is 7.79. The molecule has 1 aromatic rings. The van der Waals surface area contributed by atoms with Gasteiger partial charge in [-0.05, 0) is 25.7 Å². The lowest BCUT2D eigenvalue weighted by Gasteiger charge is -2.14. The summed E-state index contributed by atoms with van der Waals surface area (Å²) in [6.45, 7) is 8.87. The number of rotatable bonds is 9. The second-order valence-corrected chi connectivity index (χ2v) is 7.67. The molecule has 21 heavy (non-hydrogen) atoms. The van der Waals surface area contributed by atoms with Crippen LogP contribution in [0.25, 0.3) is 0 Å². The maximum absolute atomic E-state index is 12.3. The minimum atomic E-state index is -3.60. The van der Waals surface area contributed by atoms with Crippen LogP contribution in [0.1, 0.15) is 53.4 Å². The molecule has 0 fully saturated rings. The van der Waals surface area contributed by atoms with Crippen LogP contribution in [0.3, 0.4) is 0 Å². The molecule has 0 amide bonds. The van der Waals surface area contributed by atoms with E-state index in [0.29, 0.717) is 12.5 Å². The zero-order chi connectivity index (χ0) is 16.0. The van der Waals surface area contributed by atoms with E-state index in [2.05, 4.69) is 23.7 Å². The number of sulfonamides is 1. The van der Waals surface area contributed by atoms with Crippen molar-refractivity contribution < 1.29 is 8.42 Å². The largest absolute Gasteiger partial charge is 0.381 e. The standard InChI is InChI=1S/C14H28N4O2S/c1-5-9-18-10-13(14(15)16-18)21(19,20)17-12(4)8-6-7-11(2)3/h10-12,17H,5-9H2,1-4H3,(H2,15,16). The lowest BCUT2D eigenvalue weighted by Crippen LogP contribution is -2.32. The van der Waals surface area contributed by atoms with Gasteiger partial charge in [-0.3, -0.25) is 4.68 Å². The Bertz CT molecular complexity index is 537. The van der Waals surface area contributed by atoms with Crippen molar-refractivity contribution in [1.29, 1.82) is 0 Å². The van der Waals surface area contributed by atoms with Crippen LogP contribution in [-0.2, 0) is 16.6 Å². The normalized spacial score (nSPS) is 13.8. The Labute approximate surface area is 128 Å². The number of nitrogens with two attached hydrogens (primary N) is 1. The van der Waals surface area contributed by atoms with Gasteiger partial charge in [0, 0.05) is 18.8 Å². The summed E-state index contributed by atoms with van der Waals surface area (Å²) in [5, 5.41) is 4.03. The zero-order valence-corrected chi connectivity index (χ0v) is 14.3. The Kier molecular flexibility index (Phi) is 6.67. The first-order valence-corrected chi connectivity index (χ1v) is 9.09. The van der Waals surface area contributed by atoms with Crippen LogP contribution < -0.4 is 10.5 Å². The van der Waals surface area contributed by atoms with E-state index in [1.54, 1.807) is 4.68 Å². The quantitative estimate of drug-likeness (QED) is 0.732. The van der Waals surface area contributed by atoms with Gasteiger partial charge < -0.3 is 5.73 Å². The van der Waals surface area contributed by atoms with Gasteiger partial charge in [-0.25, -0.2) is 13.1 Å². The van der Waals surface area contributed by atoms with Crippen LogP contribution in [-0.4, -0.2) is 24.2 Å². The summed E-state index contributed by atoms with van der Waals surface area (Å²) in [6, 6.07) is -0.109. The summed E-state index contributed by atoms with van der Waals surface area (Å²) in [5.74, 6) is 0.696. The van der Waals surface area contributed by atoms with E-state index >= 15 is 0 Å². The highest BCUT2D eigenvalue weighted by molar-refractivity contribution is 7.89. The third-order valence-electron chi connectivity index (χ3n) is 3.27. The second-order valence-electron chi connectivity index (χ2n) is 5.99. The first-order chi connectivity index (χ1) is 9.76. The average molecular weight is 316 g/mol. The number of nitrogens with one attached hydrogen (secondary N) is 1. The molecule has 0 bridgehead atoms. The molecule has 3 N–H and O–H groups in total. The first kappa shape index (κ1) is 18.0. The number of aromatic nitrogens is 2. The highest BCUT2D eigenvalue weighted by Gasteiger charge is 2.23. The van der Waals surface area contributed by atoms with Crippen LogP contribution in [0.4, 0.5) is 5.82 Å².